The normalized spacial score (nSPS) is 11.1. The van der Waals surface area contributed by atoms with Crippen LogP contribution in [0.4, 0.5) is 5.82 Å². The molecule has 0 amide bonds. The second-order valence-corrected chi connectivity index (χ2v) is 7.56. The van der Waals surface area contributed by atoms with Gasteiger partial charge in [-0.05, 0) is 56.2 Å². The van der Waals surface area contributed by atoms with Gasteiger partial charge in [0.15, 0.2) is 17.1 Å². The smallest absolute Gasteiger partial charge is 0.347 e. The maximum absolute atomic E-state index is 11.4. The monoisotopic (exact) mass is 406 g/mol. The lowest BCUT2D eigenvalue weighted by molar-refractivity contribution is -0.152. The van der Waals surface area contributed by atoms with Crippen LogP contribution in [-0.2, 0) is 11.3 Å². The topological polar surface area (TPSA) is 80.7 Å². The lowest BCUT2D eigenvalue weighted by atomic mass is 10.1. The molecule has 0 bridgehead atoms. The Bertz CT molecular complexity index is 1030. The molecule has 2 N–H and O–H groups in total. The number of benzene rings is 2. The van der Waals surface area contributed by atoms with Gasteiger partial charge in [0.05, 0.1) is 7.11 Å². The number of carboxylic acids is 1. The van der Waals surface area contributed by atoms with Crippen molar-refractivity contribution in [1.29, 1.82) is 0 Å². The molecule has 0 unspecified atom stereocenters. The van der Waals surface area contributed by atoms with Gasteiger partial charge in [0.2, 0.25) is 0 Å². The fourth-order valence-corrected chi connectivity index (χ4v) is 2.94. The fraction of sp³-hybridized carbons (Fsp3) is 0.250. The minimum absolute atomic E-state index is 0.365. The lowest BCUT2D eigenvalue weighted by Gasteiger charge is -2.23. The van der Waals surface area contributed by atoms with E-state index in [4.69, 9.17) is 9.47 Å². The summed E-state index contributed by atoms with van der Waals surface area (Å²) in [7, 11) is 1.52. The SMILES string of the molecule is COc1ccc(-c2ccc(NCc3cccc(C)c3)nc2)cc1OC(C)(C)C(=O)O. The van der Waals surface area contributed by atoms with Gasteiger partial charge in [0.1, 0.15) is 5.82 Å². The summed E-state index contributed by atoms with van der Waals surface area (Å²) < 4.78 is 11.0. The molecule has 1 heterocycles. The van der Waals surface area contributed by atoms with Crippen molar-refractivity contribution >= 4 is 11.8 Å². The number of aromatic nitrogens is 1. The second-order valence-electron chi connectivity index (χ2n) is 7.56. The number of anilines is 1. The van der Waals surface area contributed by atoms with Crippen LogP contribution in [0.3, 0.4) is 0 Å². The van der Waals surface area contributed by atoms with E-state index in [0.29, 0.717) is 18.0 Å². The minimum Gasteiger partial charge on any atom is -0.493 e. The highest BCUT2D eigenvalue weighted by Crippen LogP contribution is 2.35. The number of rotatable bonds is 8. The van der Waals surface area contributed by atoms with Crippen LogP contribution in [0.1, 0.15) is 25.0 Å². The van der Waals surface area contributed by atoms with Gasteiger partial charge in [-0.15, -0.1) is 0 Å². The number of ether oxygens (including phenoxy) is 2. The third-order valence-corrected chi connectivity index (χ3v) is 4.70. The summed E-state index contributed by atoms with van der Waals surface area (Å²) in [5.74, 6) is 0.555. The van der Waals surface area contributed by atoms with Gasteiger partial charge in [-0.1, -0.05) is 35.9 Å². The summed E-state index contributed by atoms with van der Waals surface area (Å²) in [6.07, 6.45) is 1.77. The lowest BCUT2D eigenvalue weighted by Crippen LogP contribution is -2.38. The number of carboxylic acid groups (broad SMARTS) is 1. The maximum Gasteiger partial charge on any atom is 0.347 e. The quantitative estimate of drug-likeness (QED) is 0.553. The molecule has 0 radical (unpaired) electrons. The van der Waals surface area contributed by atoms with Crippen molar-refractivity contribution in [3.05, 3.63) is 71.9 Å². The highest BCUT2D eigenvalue weighted by molar-refractivity contribution is 5.77. The van der Waals surface area contributed by atoms with E-state index in [0.717, 1.165) is 16.9 Å². The van der Waals surface area contributed by atoms with Crippen LogP contribution in [0.25, 0.3) is 11.1 Å². The number of nitrogens with zero attached hydrogens (tertiary/aromatic N) is 1. The van der Waals surface area contributed by atoms with Crippen molar-refractivity contribution in [1.82, 2.24) is 4.98 Å². The van der Waals surface area contributed by atoms with E-state index < -0.39 is 11.6 Å². The molecule has 0 fully saturated rings. The molecule has 30 heavy (non-hydrogen) atoms. The summed E-state index contributed by atoms with van der Waals surface area (Å²) >= 11 is 0. The molecule has 1 aromatic heterocycles. The van der Waals surface area contributed by atoms with Crippen molar-refractivity contribution in [2.24, 2.45) is 0 Å². The van der Waals surface area contributed by atoms with Crippen LogP contribution in [-0.4, -0.2) is 28.8 Å². The predicted octanol–water partition coefficient (Wildman–Crippen LogP) is 4.92. The molecule has 0 aliphatic heterocycles. The summed E-state index contributed by atoms with van der Waals surface area (Å²) in [6.45, 7) is 5.76. The molecule has 0 saturated heterocycles. The Kier molecular flexibility index (Phi) is 6.26. The average molecular weight is 406 g/mol. The van der Waals surface area contributed by atoms with Crippen molar-refractivity contribution < 1.29 is 19.4 Å². The number of hydrogen-bond donors (Lipinski definition) is 2. The first-order chi connectivity index (χ1) is 14.3. The number of methoxy groups -OCH3 is 1. The summed E-state index contributed by atoms with van der Waals surface area (Å²) in [4.78, 5) is 15.9. The molecule has 3 aromatic rings. The maximum atomic E-state index is 11.4. The number of hydrogen-bond acceptors (Lipinski definition) is 5. The van der Waals surface area contributed by atoms with E-state index in [1.54, 1.807) is 18.3 Å². The fourth-order valence-electron chi connectivity index (χ4n) is 2.94. The molecule has 0 atom stereocenters. The third-order valence-electron chi connectivity index (χ3n) is 4.70. The van der Waals surface area contributed by atoms with E-state index in [1.165, 1.54) is 32.1 Å². The van der Waals surface area contributed by atoms with Crippen molar-refractivity contribution in [2.75, 3.05) is 12.4 Å². The number of nitrogens with one attached hydrogen (secondary N) is 1. The van der Waals surface area contributed by atoms with Crippen molar-refractivity contribution in [3.8, 4) is 22.6 Å². The first kappa shape index (κ1) is 21.2. The molecule has 0 saturated carbocycles. The second kappa shape index (κ2) is 8.86. The summed E-state index contributed by atoms with van der Waals surface area (Å²) in [6, 6.07) is 17.6. The number of carbonyl (C=O) groups is 1. The zero-order valence-electron chi connectivity index (χ0n) is 17.6. The van der Waals surface area contributed by atoms with Crippen LogP contribution >= 0.6 is 0 Å². The van der Waals surface area contributed by atoms with Gasteiger partial charge in [0, 0.05) is 18.3 Å². The summed E-state index contributed by atoms with van der Waals surface area (Å²) in [5.41, 5.74) is 2.77. The molecule has 156 valence electrons. The average Bonchev–Trinajstić information content (AvgIpc) is 2.72. The molecule has 0 aliphatic rings. The Hall–Kier alpha value is -3.54. The number of aryl methyl sites for hydroxylation is 1. The van der Waals surface area contributed by atoms with Crippen LogP contribution in [0.5, 0.6) is 11.5 Å². The van der Waals surface area contributed by atoms with Gasteiger partial charge >= 0.3 is 5.97 Å². The highest BCUT2D eigenvalue weighted by atomic mass is 16.5. The highest BCUT2D eigenvalue weighted by Gasteiger charge is 2.30. The molecular formula is C24H26N2O4. The van der Waals surface area contributed by atoms with Crippen LogP contribution in [0, 0.1) is 6.92 Å². The molecule has 3 rings (SSSR count). The molecular weight excluding hydrogens is 380 g/mol. The largest absolute Gasteiger partial charge is 0.493 e. The van der Waals surface area contributed by atoms with Gasteiger partial charge in [-0.2, -0.15) is 0 Å². The van der Waals surface area contributed by atoms with Crippen LogP contribution in [0.2, 0.25) is 0 Å². The van der Waals surface area contributed by atoms with E-state index in [9.17, 15) is 9.90 Å². The molecule has 2 aromatic carbocycles. The van der Waals surface area contributed by atoms with Gasteiger partial charge < -0.3 is 19.9 Å². The zero-order valence-corrected chi connectivity index (χ0v) is 17.6. The van der Waals surface area contributed by atoms with Gasteiger partial charge in [-0.3, -0.25) is 0 Å². The van der Waals surface area contributed by atoms with E-state index in [1.807, 2.05) is 24.3 Å². The van der Waals surface area contributed by atoms with Crippen LogP contribution < -0.4 is 14.8 Å². The Balaban J connectivity index is 1.77. The van der Waals surface area contributed by atoms with E-state index in [2.05, 4.69) is 35.4 Å². The Labute approximate surface area is 176 Å². The Morgan fingerprint density at radius 1 is 1.07 bits per heavy atom. The predicted molar refractivity (Wildman–Crippen MR) is 117 cm³/mol. The van der Waals surface area contributed by atoms with E-state index in [-0.39, 0.29) is 0 Å². The number of pyridine rings is 1. The molecule has 6 nitrogen and oxygen atoms in total. The summed E-state index contributed by atoms with van der Waals surface area (Å²) in [5, 5.41) is 12.7. The molecule has 0 aliphatic carbocycles. The van der Waals surface area contributed by atoms with E-state index >= 15 is 0 Å². The first-order valence-electron chi connectivity index (χ1n) is 9.65. The minimum atomic E-state index is -1.38. The standard InChI is InChI=1S/C24H26N2O4/c1-16-6-5-7-17(12-16)14-25-22-11-9-19(15-26-22)18-8-10-20(29-4)21(13-18)30-24(2,3)23(27)28/h5-13,15H,14H2,1-4H3,(H,25,26)(H,27,28). The molecule has 6 heteroatoms. The van der Waals surface area contributed by atoms with Gasteiger partial charge in [0.25, 0.3) is 0 Å². The number of aliphatic carboxylic acids is 1. The first-order valence-corrected chi connectivity index (χ1v) is 9.65. The molecule has 0 spiro atoms. The van der Waals surface area contributed by atoms with Gasteiger partial charge in [-0.25, -0.2) is 9.78 Å². The zero-order chi connectivity index (χ0) is 21.7. The van der Waals surface area contributed by atoms with Crippen LogP contribution in [0.15, 0.2) is 60.8 Å². The van der Waals surface area contributed by atoms with Crippen molar-refractivity contribution in [2.45, 2.75) is 32.9 Å². The third kappa shape index (κ3) is 5.08. The Morgan fingerprint density at radius 3 is 2.47 bits per heavy atom. The Morgan fingerprint density at radius 2 is 1.83 bits per heavy atom. The van der Waals surface area contributed by atoms with Crippen molar-refractivity contribution in [3.63, 3.8) is 0 Å².